The molecule has 2 aromatic heterocycles. The molecule has 0 bridgehead atoms. The molecular weight excluding hydrogens is 526 g/mol. The summed E-state index contributed by atoms with van der Waals surface area (Å²) in [4.78, 5) is 11.5. The van der Waals surface area contributed by atoms with Gasteiger partial charge >= 0.3 is 0 Å². The number of aryl methyl sites for hydroxylation is 2. The molecule has 1 aromatic carbocycles. The van der Waals surface area contributed by atoms with Gasteiger partial charge in [0, 0.05) is 23.7 Å². The van der Waals surface area contributed by atoms with E-state index in [4.69, 9.17) is 30.8 Å². The van der Waals surface area contributed by atoms with Gasteiger partial charge in [0.2, 0.25) is 0 Å². The second-order valence-electron chi connectivity index (χ2n) is 10.5. The zero-order valence-electron chi connectivity index (χ0n) is 22.8. The molecular formula is C28H35ClF2N6O2. The number of halogens is 3. The summed E-state index contributed by atoms with van der Waals surface area (Å²) in [5, 5.41) is 10.7. The minimum atomic E-state index is -2.90. The highest BCUT2D eigenvalue weighted by Gasteiger charge is 2.48. The Labute approximate surface area is 232 Å². The van der Waals surface area contributed by atoms with Crippen LogP contribution >= 0.6 is 11.6 Å². The molecule has 1 aliphatic carbocycles. The van der Waals surface area contributed by atoms with Crippen molar-refractivity contribution < 1.29 is 18.0 Å². The van der Waals surface area contributed by atoms with Crippen LogP contribution in [0.25, 0.3) is 22.6 Å². The summed E-state index contributed by atoms with van der Waals surface area (Å²) in [6.07, 6.45) is 3.16. The highest BCUT2D eigenvalue weighted by Crippen LogP contribution is 2.39. The van der Waals surface area contributed by atoms with E-state index in [1.54, 1.807) is 25.1 Å². The first-order valence-electron chi connectivity index (χ1n) is 13.5. The summed E-state index contributed by atoms with van der Waals surface area (Å²) >= 11 is 6.61. The first-order valence-corrected chi connectivity index (χ1v) is 13.8. The number of rotatable bonds is 10. The number of nitrogens with one attached hydrogen (secondary N) is 2. The number of benzene rings is 1. The summed E-state index contributed by atoms with van der Waals surface area (Å²) in [5.74, 6) is -1.04. The average molecular weight is 561 g/mol. The number of likely N-dealkylation sites (tertiary alicyclic amines) is 1. The summed E-state index contributed by atoms with van der Waals surface area (Å²) < 4.78 is 42.0. The van der Waals surface area contributed by atoms with Gasteiger partial charge in [-0.3, -0.25) is 4.90 Å². The van der Waals surface area contributed by atoms with Gasteiger partial charge in [-0.1, -0.05) is 16.8 Å². The summed E-state index contributed by atoms with van der Waals surface area (Å²) in [5.41, 5.74) is 3.12. The van der Waals surface area contributed by atoms with Gasteiger partial charge in [0.05, 0.1) is 41.2 Å². The van der Waals surface area contributed by atoms with Gasteiger partial charge in [0.25, 0.3) is 5.92 Å². The maximum absolute atomic E-state index is 15.3. The van der Waals surface area contributed by atoms with Gasteiger partial charge in [0.1, 0.15) is 17.3 Å². The average Bonchev–Trinajstić information content (AvgIpc) is 3.70. The number of ether oxygens (including phenoxy) is 1. The normalized spacial score (nSPS) is 19.3. The minimum Gasteiger partial charge on any atom is -0.494 e. The van der Waals surface area contributed by atoms with E-state index in [1.165, 1.54) is 0 Å². The van der Waals surface area contributed by atoms with Gasteiger partial charge in [-0.15, -0.1) is 0 Å². The molecule has 210 valence electrons. The zero-order valence-corrected chi connectivity index (χ0v) is 23.5. The molecule has 0 radical (unpaired) electrons. The van der Waals surface area contributed by atoms with E-state index < -0.39 is 12.0 Å². The standard InChI is InChI=1S/C28H35ClF2N6O2/c1-16-25(24-17(2)36-39-18(24)3)34-27(21-14-20(8-9-22(21)29)38-13-5-11-32-4)35-26(16)33-23-10-12-37(19-6-7-19)15-28(23,30)31/h8-9,14,19,23,32H,5-7,10-13,15H2,1-4H3,(H,33,34,35). The van der Waals surface area contributed by atoms with Gasteiger partial charge in [-0.05, 0) is 78.2 Å². The SMILES string of the molecule is CNCCCOc1ccc(Cl)c(-c2nc(NC3CCN(C4CC4)CC3(F)F)c(C)c(-c3c(C)noc3C)n2)c1. The molecule has 0 spiro atoms. The topological polar surface area (TPSA) is 88.3 Å². The molecule has 1 saturated heterocycles. The lowest BCUT2D eigenvalue weighted by Gasteiger charge is -2.39. The fraction of sp³-hybridized carbons (Fsp3) is 0.536. The molecule has 2 fully saturated rings. The van der Waals surface area contributed by atoms with Crippen molar-refractivity contribution in [1.82, 2.24) is 25.3 Å². The molecule has 3 aromatic rings. The molecule has 1 aliphatic heterocycles. The quantitative estimate of drug-likeness (QED) is 0.308. The Hall–Kier alpha value is -2.82. The van der Waals surface area contributed by atoms with Crippen LogP contribution in [0.15, 0.2) is 22.7 Å². The monoisotopic (exact) mass is 560 g/mol. The Morgan fingerprint density at radius 3 is 2.64 bits per heavy atom. The van der Waals surface area contributed by atoms with Crippen molar-refractivity contribution in [2.45, 2.75) is 64.5 Å². The Bertz CT molecular complexity index is 1310. The van der Waals surface area contributed by atoms with Crippen LogP contribution in [0.2, 0.25) is 5.02 Å². The van der Waals surface area contributed by atoms with E-state index in [-0.39, 0.29) is 6.54 Å². The van der Waals surface area contributed by atoms with Crippen molar-refractivity contribution in [1.29, 1.82) is 0 Å². The molecule has 11 heteroatoms. The van der Waals surface area contributed by atoms with E-state index in [1.807, 2.05) is 25.8 Å². The van der Waals surface area contributed by atoms with Crippen LogP contribution in [0.4, 0.5) is 14.6 Å². The van der Waals surface area contributed by atoms with Crippen LogP contribution in [-0.2, 0) is 0 Å². The highest BCUT2D eigenvalue weighted by atomic mass is 35.5. The van der Waals surface area contributed by atoms with Crippen molar-refractivity contribution in [3.63, 3.8) is 0 Å². The molecule has 1 unspecified atom stereocenters. The van der Waals surface area contributed by atoms with Crippen LogP contribution in [0.5, 0.6) is 5.75 Å². The molecule has 1 saturated carbocycles. The van der Waals surface area contributed by atoms with E-state index in [0.717, 1.165) is 25.8 Å². The summed E-state index contributed by atoms with van der Waals surface area (Å²) in [6, 6.07) is 4.56. The number of piperidine rings is 1. The molecule has 8 nitrogen and oxygen atoms in total. The van der Waals surface area contributed by atoms with E-state index in [9.17, 15) is 0 Å². The Morgan fingerprint density at radius 1 is 1.18 bits per heavy atom. The summed E-state index contributed by atoms with van der Waals surface area (Å²) in [7, 11) is 1.89. The molecule has 2 aliphatic rings. The Kier molecular flexibility index (Phi) is 8.07. The van der Waals surface area contributed by atoms with Crippen molar-refractivity contribution in [2.24, 2.45) is 0 Å². The third-order valence-electron chi connectivity index (χ3n) is 7.44. The van der Waals surface area contributed by atoms with Crippen LogP contribution in [0.3, 0.4) is 0 Å². The van der Waals surface area contributed by atoms with E-state index >= 15 is 8.78 Å². The van der Waals surface area contributed by atoms with Crippen LogP contribution < -0.4 is 15.4 Å². The maximum Gasteiger partial charge on any atom is 0.280 e. The molecule has 5 rings (SSSR count). The lowest BCUT2D eigenvalue weighted by atomic mass is 9.99. The van der Waals surface area contributed by atoms with Crippen molar-refractivity contribution in [3.05, 3.63) is 40.2 Å². The molecule has 2 N–H and O–H groups in total. The van der Waals surface area contributed by atoms with E-state index in [0.29, 0.717) is 81.9 Å². The second kappa shape index (κ2) is 11.3. The lowest BCUT2D eigenvalue weighted by Crippen LogP contribution is -2.55. The van der Waals surface area contributed by atoms with Gasteiger partial charge in [-0.25, -0.2) is 18.7 Å². The predicted octanol–water partition coefficient (Wildman–Crippen LogP) is 5.65. The predicted molar refractivity (Wildman–Crippen MR) is 148 cm³/mol. The third kappa shape index (κ3) is 6.02. The lowest BCUT2D eigenvalue weighted by molar-refractivity contribution is -0.0760. The fourth-order valence-corrected chi connectivity index (χ4v) is 5.31. The highest BCUT2D eigenvalue weighted by molar-refractivity contribution is 6.33. The van der Waals surface area contributed by atoms with Crippen LogP contribution in [0.1, 0.15) is 42.7 Å². The number of anilines is 1. The fourth-order valence-electron chi connectivity index (χ4n) is 5.11. The zero-order chi connectivity index (χ0) is 27.7. The minimum absolute atomic E-state index is 0.248. The van der Waals surface area contributed by atoms with Crippen molar-refractivity contribution >= 4 is 17.4 Å². The molecule has 39 heavy (non-hydrogen) atoms. The Balaban J connectivity index is 1.52. The van der Waals surface area contributed by atoms with Crippen molar-refractivity contribution in [2.75, 3.05) is 38.6 Å². The van der Waals surface area contributed by atoms with Crippen LogP contribution in [-0.4, -0.2) is 71.3 Å². The van der Waals surface area contributed by atoms with Crippen molar-refractivity contribution in [3.8, 4) is 28.4 Å². The second-order valence-corrected chi connectivity index (χ2v) is 10.9. The number of aromatic nitrogens is 3. The molecule has 1 atom stereocenters. The summed E-state index contributed by atoms with van der Waals surface area (Å²) in [6.45, 7) is 7.20. The smallest absolute Gasteiger partial charge is 0.280 e. The number of hydrogen-bond acceptors (Lipinski definition) is 8. The molecule has 3 heterocycles. The van der Waals surface area contributed by atoms with E-state index in [2.05, 4.69) is 15.8 Å². The first-order chi connectivity index (χ1) is 18.7. The number of alkyl halides is 2. The van der Waals surface area contributed by atoms with Gasteiger partial charge < -0.3 is 19.9 Å². The third-order valence-corrected chi connectivity index (χ3v) is 7.77. The molecule has 0 amide bonds. The largest absolute Gasteiger partial charge is 0.494 e. The number of nitrogens with zero attached hydrogens (tertiary/aromatic N) is 4. The first kappa shape index (κ1) is 27.7. The van der Waals surface area contributed by atoms with Gasteiger partial charge in [-0.2, -0.15) is 0 Å². The van der Waals surface area contributed by atoms with Gasteiger partial charge in [0.15, 0.2) is 5.82 Å². The number of hydrogen-bond donors (Lipinski definition) is 2. The van der Waals surface area contributed by atoms with Crippen LogP contribution in [0, 0.1) is 20.8 Å². The maximum atomic E-state index is 15.3. The Morgan fingerprint density at radius 2 is 1.97 bits per heavy atom.